The van der Waals surface area contributed by atoms with Crippen molar-refractivity contribution in [3.05, 3.63) is 53.5 Å². The first kappa shape index (κ1) is 12.3. The van der Waals surface area contributed by atoms with E-state index in [1.54, 1.807) is 4.72 Å². The summed E-state index contributed by atoms with van der Waals surface area (Å²) in [6.07, 6.45) is -10.6. The molecule has 146 valence electrons. The van der Waals surface area contributed by atoms with Crippen LogP contribution in [0.4, 0.5) is 18.9 Å². The van der Waals surface area contributed by atoms with Gasteiger partial charge >= 0.3 is 6.18 Å². The van der Waals surface area contributed by atoms with E-state index in [4.69, 9.17) is 14.7 Å². The van der Waals surface area contributed by atoms with Gasteiger partial charge in [-0.05, 0) is 17.7 Å². The number of fused-ring (bicyclic) bond motifs is 1. The maximum absolute atomic E-state index is 13.5. The number of benzene rings is 2. The van der Waals surface area contributed by atoms with Crippen molar-refractivity contribution < 1.29 is 39.6 Å². The molecular weight excluding hydrogens is 407 g/mol. The zero-order valence-corrected chi connectivity index (χ0v) is 14.5. The van der Waals surface area contributed by atoms with Gasteiger partial charge in [-0.3, -0.25) is 0 Å². The maximum atomic E-state index is 13.5. The van der Waals surface area contributed by atoms with Gasteiger partial charge in [-0.25, -0.2) is 22.0 Å². The summed E-state index contributed by atoms with van der Waals surface area (Å²) in [5.74, 6) is 0. The molecule has 1 atom stereocenters. The molecule has 0 fully saturated rings. The van der Waals surface area contributed by atoms with E-state index in [-0.39, 0.29) is 12.1 Å². The lowest BCUT2D eigenvalue weighted by molar-refractivity contribution is -0.139. The van der Waals surface area contributed by atoms with Crippen LogP contribution in [-0.2, 0) is 32.6 Å². The van der Waals surface area contributed by atoms with Crippen LogP contribution in [0.5, 0.6) is 0 Å². The fourth-order valence-corrected chi connectivity index (χ4v) is 4.36. The molecule has 0 saturated heterocycles. The van der Waals surface area contributed by atoms with Crippen molar-refractivity contribution in [3.8, 4) is 0 Å². The Balaban J connectivity index is 2.26. The second-order valence-corrected chi connectivity index (χ2v) is 8.44. The number of rotatable bonds is 3. The Morgan fingerprint density at radius 2 is 1.85 bits per heavy atom. The largest absolute Gasteiger partial charge is 0.417 e. The zero-order valence-electron chi connectivity index (χ0n) is 19.9. The lowest BCUT2D eigenvalue weighted by atomic mass is 10.1. The number of primary sulfonamides is 1. The van der Waals surface area contributed by atoms with Crippen LogP contribution in [0.2, 0.25) is 0 Å². The van der Waals surface area contributed by atoms with E-state index < -0.39 is 95.6 Å². The van der Waals surface area contributed by atoms with Crippen LogP contribution in [-0.4, -0.2) is 23.0 Å². The predicted octanol–water partition coefficient (Wildman–Crippen LogP) is 1.63. The minimum absolute atomic E-state index is 0.124. The van der Waals surface area contributed by atoms with Gasteiger partial charge in [0.25, 0.3) is 0 Å². The molecule has 27 heavy (non-hydrogen) atoms. The maximum Gasteiger partial charge on any atom is 0.417 e. The number of nitrogens with one attached hydrogen (secondary N) is 2. The monoisotopic (exact) mass is 428 g/mol. The quantitative estimate of drug-likeness (QED) is 0.687. The lowest BCUT2D eigenvalue weighted by Gasteiger charge is -2.29. The van der Waals surface area contributed by atoms with E-state index in [1.165, 1.54) is 0 Å². The van der Waals surface area contributed by atoms with Gasteiger partial charge < -0.3 is 5.32 Å². The number of hydrogen-bond acceptors (Lipinski definition) is 5. The molecule has 12 heteroatoms. The number of halogens is 3. The van der Waals surface area contributed by atoms with Gasteiger partial charge in [0.15, 0.2) is 0 Å². The molecule has 0 radical (unpaired) electrons. The SMILES string of the molecule is [2H]c1c([2H])c([2H])c(C([2H])([2H])C2Nc3cc(C(F)(F)F)c(S(N)(=O)=O)cc3S(=O)(=O)N2)c([2H])c1[2H]. The van der Waals surface area contributed by atoms with Crippen molar-refractivity contribution in [2.45, 2.75) is 28.5 Å². The number of alkyl halides is 3. The van der Waals surface area contributed by atoms with Crippen molar-refractivity contribution in [1.29, 1.82) is 0 Å². The van der Waals surface area contributed by atoms with Crippen molar-refractivity contribution >= 4 is 25.7 Å². The molecule has 2 aromatic rings. The Hall–Kier alpha value is -2.15. The van der Waals surface area contributed by atoms with Gasteiger partial charge in [0.05, 0.1) is 29.2 Å². The van der Waals surface area contributed by atoms with Gasteiger partial charge in [0.1, 0.15) is 4.90 Å². The molecule has 0 aliphatic carbocycles. The highest BCUT2D eigenvalue weighted by Crippen LogP contribution is 2.39. The van der Waals surface area contributed by atoms with Crippen molar-refractivity contribution in [2.75, 3.05) is 5.32 Å². The summed E-state index contributed by atoms with van der Waals surface area (Å²) in [5.41, 5.74) is -3.63. The number of hydrogen-bond donors (Lipinski definition) is 3. The van der Waals surface area contributed by atoms with E-state index in [9.17, 15) is 30.0 Å². The molecule has 3 rings (SSSR count). The molecule has 0 saturated carbocycles. The third-order valence-corrected chi connectivity index (χ3v) is 5.76. The molecular formula is C15H14F3N3O4S2. The van der Waals surface area contributed by atoms with Gasteiger partial charge in [0.2, 0.25) is 20.0 Å². The van der Waals surface area contributed by atoms with Gasteiger partial charge in [0, 0.05) is 9.11 Å². The van der Waals surface area contributed by atoms with E-state index in [1.807, 2.05) is 0 Å². The predicted molar refractivity (Wildman–Crippen MR) is 90.7 cm³/mol. The standard InChI is InChI=1S/C15H14F3N3O4S2/c16-15(17,18)10-7-11-13(8-12(10)26(19,22)23)27(24,25)21-14(20-11)6-9-4-2-1-3-5-9/h1-5,7-8,14,20-21H,6H2,(H2,19,22,23)/i1D,2D,3D,4D,5D,6D2. The minimum Gasteiger partial charge on any atom is -0.368 e. The molecule has 1 aliphatic heterocycles. The second kappa shape index (κ2) is 6.48. The minimum atomic E-state index is -5.30. The van der Waals surface area contributed by atoms with Gasteiger partial charge in [-0.1, -0.05) is 30.2 Å². The molecule has 2 aromatic carbocycles. The Labute approximate surface area is 163 Å². The highest BCUT2D eigenvalue weighted by Gasteiger charge is 2.40. The summed E-state index contributed by atoms with van der Waals surface area (Å²) >= 11 is 0. The molecule has 0 aromatic heterocycles. The van der Waals surface area contributed by atoms with Crippen molar-refractivity contribution in [1.82, 2.24) is 4.72 Å². The third kappa shape index (κ3) is 4.08. The van der Waals surface area contributed by atoms with Crippen LogP contribution in [0, 0.1) is 0 Å². The Morgan fingerprint density at radius 3 is 2.41 bits per heavy atom. The van der Waals surface area contributed by atoms with Crippen LogP contribution >= 0.6 is 0 Å². The number of sulfonamides is 2. The highest BCUT2D eigenvalue weighted by atomic mass is 32.2. The molecule has 1 aliphatic rings. The summed E-state index contributed by atoms with van der Waals surface area (Å²) in [5, 5.41) is 6.96. The topological polar surface area (TPSA) is 118 Å². The smallest absolute Gasteiger partial charge is 0.368 e. The zero-order chi connectivity index (χ0) is 26.2. The molecule has 0 amide bonds. The average Bonchev–Trinajstić information content (AvgIpc) is 2.68. The van der Waals surface area contributed by atoms with Crippen LogP contribution in [0.25, 0.3) is 0 Å². The van der Waals surface area contributed by atoms with E-state index in [0.29, 0.717) is 0 Å². The van der Waals surface area contributed by atoms with Crippen LogP contribution in [0.1, 0.15) is 20.7 Å². The number of anilines is 1. The first-order chi connectivity index (χ1) is 15.2. The third-order valence-electron chi connectivity index (χ3n) is 3.34. The molecule has 0 spiro atoms. The number of nitrogens with two attached hydrogens (primary N) is 1. The summed E-state index contributed by atoms with van der Waals surface area (Å²) in [7, 11) is -9.91. The molecule has 7 nitrogen and oxygen atoms in total. The molecule has 1 unspecified atom stereocenters. The molecule has 1 heterocycles. The normalized spacial score (nSPS) is 23.4. The second-order valence-electron chi connectivity index (χ2n) is 5.23. The molecule has 0 bridgehead atoms. The fourth-order valence-electron chi connectivity index (χ4n) is 2.29. The Bertz CT molecular complexity index is 1400. The first-order valence-corrected chi connectivity index (χ1v) is 9.88. The van der Waals surface area contributed by atoms with Gasteiger partial charge in [-0.15, -0.1) is 0 Å². The summed E-state index contributed by atoms with van der Waals surface area (Å²) in [6.45, 7) is 0. The van der Waals surface area contributed by atoms with E-state index in [2.05, 4.69) is 5.32 Å². The summed E-state index contributed by atoms with van der Waals surface area (Å²) < 4.78 is 146. The van der Waals surface area contributed by atoms with Crippen LogP contribution < -0.4 is 15.2 Å². The van der Waals surface area contributed by atoms with Gasteiger partial charge in [-0.2, -0.15) is 17.9 Å². The Kier molecular flexibility index (Phi) is 2.96. The van der Waals surface area contributed by atoms with E-state index in [0.717, 1.165) is 0 Å². The van der Waals surface area contributed by atoms with Crippen molar-refractivity contribution in [3.63, 3.8) is 0 Å². The van der Waals surface area contributed by atoms with Crippen molar-refractivity contribution in [2.24, 2.45) is 5.14 Å². The summed E-state index contributed by atoms with van der Waals surface area (Å²) in [4.78, 5) is -2.52. The Morgan fingerprint density at radius 1 is 1.22 bits per heavy atom. The van der Waals surface area contributed by atoms with Crippen LogP contribution in [0.15, 0.2) is 52.1 Å². The van der Waals surface area contributed by atoms with E-state index >= 15 is 0 Å². The highest BCUT2D eigenvalue weighted by molar-refractivity contribution is 7.90. The van der Waals surface area contributed by atoms with Crippen LogP contribution in [0.3, 0.4) is 0 Å². The first-order valence-electron chi connectivity index (χ1n) is 10.4. The summed E-state index contributed by atoms with van der Waals surface area (Å²) in [6, 6.07) is -4.39. The average molecular weight is 428 g/mol. The lowest BCUT2D eigenvalue weighted by Crippen LogP contribution is -2.46. The fraction of sp³-hybridized carbons (Fsp3) is 0.200. The molecule has 4 N–H and O–H groups in total.